The standard InChI is InChI=1S/C25H23N3O4S/c1-3-27(12-17-9-10-19-20(11-17)32-15-31-19)21(29)13-28-14-26-24-23(25(28)30)22(16(2)33-24)18-7-5-4-6-8-18/h4-11,14H,3,12-13,15H2,1-2H3. The molecule has 0 spiro atoms. The Balaban J connectivity index is 1.43. The molecule has 33 heavy (non-hydrogen) atoms. The summed E-state index contributed by atoms with van der Waals surface area (Å²) in [7, 11) is 0. The molecular weight excluding hydrogens is 438 g/mol. The van der Waals surface area contributed by atoms with Gasteiger partial charge in [-0.25, -0.2) is 4.98 Å². The highest BCUT2D eigenvalue weighted by Crippen LogP contribution is 2.35. The highest BCUT2D eigenvalue weighted by Gasteiger charge is 2.20. The SMILES string of the molecule is CCN(Cc1ccc2c(c1)OCO2)C(=O)Cn1cnc2sc(C)c(-c3ccccc3)c2c1=O. The summed E-state index contributed by atoms with van der Waals surface area (Å²) < 4.78 is 12.2. The van der Waals surface area contributed by atoms with E-state index in [4.69, 9.17) is 9.47 Å². The fraction of sp³-hybridized carbons (Fsp3) is 0.240. The minimum absolute atomic E-state index is 0.0662. The molecule has 3 heterocycles. The molecule has 0 atom stereocenters. The van der Waals surface area contributed by atoms with Crippen LogP contribution in [-0.2, 0) is 17.9 Å². The number of hydrogen-bond acceptors (Lipinski definition) is 6. The summed E-state index contributed by atoms with van der Waals surface area (Å²) in [6.45, 7) is 5.00. The first-order chi connectivity index (χ1) is 16.0. The Morgan fingerprint density at radius 2 is 1.94 bits per heavy atom. The van der Waals surface area contributed by atoms with Crippen molar-refractivity contribution in [2.45, 2.75) is 26.9 Å². The van der Waals surface area contributed by atoms with Gasteiger partial charge in [-0.3, -0.25) is 14.2 Å². The van der Waals surface area contributed by atoms with Crippen molar-refractivity contribution >= 4 is 27.5 Å². The fourth-order valence-electron chi connectivity index (χ4n) is 4.08. The van der Waals surface area contributed by atoms with E-state index in [1.807, 2.05) is 62.4 Å². The maximum atomic E-state index is 13.4. The Bertz CT molecular complexity index is 1390. The molecule has 2 aromatic carbocycles. The number of aryl methyl sites for hydroxylation is 1. The maximum Gasteiger partial charge on any atom is 0.263 e. The van der Waals surface area contributed by atoms with Gasteiger partial charge in [0.2, 0.25) is 12.7 Å². The average Bonchev–Trinajstić information content (AvgIpc) is 3.43. The van der Waals surface area contributed by atoms with Gasteiger partial charge >= 0.3 is 0 Å². The van der Waals surface area contributed by atoms with Crippen molar-refractivity contribution in [3.05, 3.63) is 75.7 Å². The number of aromatic nitrogens is 2. The average molecular weight is 462 g/mol. The molecule has 4 aromatic rings. The van der Waals surface area contributed by atoms with Crippen molar-refractivity contribution in [1.29, 1.82) is 0 Å². The predicted octanol–water partition coefficient (Wildman–Crippen LogP) is 4.21. The largest absolute Gasteiger partial charge is 0.454 e. The molecule has 168 valence electrons. The summed E-state index contributed by atoms with van der Waals surface area (Å²) >= 11 is 1.50. The number of likely N-dealkylation sites (N-methyl/N-ethyl adjacent to an activating group) is 1. The van der Waals surface area contributed by atoms with Gasteiger partial charge in [-0.2, -0.15) is 0 Å². The molecule has 8 heteroatoms. The van der Waals surface area contributed by atoms with Crippen LogP contribution in [-0.4, -0.2) is 33.7 Å². The van der Waals surface area contributed by atoms with E-state index in [1.54, 1.807) is 4.90 Å². The Hall–Kier alpha value is -3.65. The second-order valence-electron chi connectivity index (χ2n) is 7.85. The van der Waals surface area contributed by atoms with Gasteiger partial charge in [-0.1, -0.05) is 36.4 Å². The minimum atomic E-state index is -0.198. The minimum Gasteiger partial charge on any atom is -0.454 e. The van der Waals surface area contributed by atoms with Crippen LogP contribution in [0.4, 0.5) is 0 Å². The Morgan fingerprint density at radius 1 is 1.15 bits per heavy atom. The summed E-state index contributed by atoms with van der Waals surface area (Å²) in [6.07, 6.45) is 1.47. The van der Waals surface area contributed by atoms with Gasteiger partial charge in [0.1, 0.15) is 11.4 Å². The van der Waals surface area contributed by atoms with Crippen molar-refractivity contribution in [2.75, 3.05) is 13.3 Å². The van der Waals surface area contributed by atoms with Crippen LogP contribution in [0.1, 0.15) is 17.4 Å². The van der Waals surface area contributed by atoms with E-state index in [0.29, 0.717) is 34.8 Å². The molecule has 0 aliphatic carbocycles. The van der Waals surface area contributed by atoms with Crippen LogP contribution in [0.25, 0.3) is 21.3 Å². The van der Waals surface area contributed by atoms with Crippen LogP contribution in [0.5, 0.6) is 11.5 Å². The first kappa shape index (κ1) is 21.2. The Kier molecular flexibility index (Phi) is 5.60. The third kappa shape index (κ3) is 3.98. The molecule has 0 unspecified atom stereocenters. The summed E-state index contributed by atoms with van der Waals surface area (Å²) in [5.74, 6) is 1.24. The lowest BCUT2D eigenvalue weighted by Crippen LogP contribution is -2.36. The van der Waals surface area contributed by atoms with E-state index in [2.05, 4.69) is 4.98 Å². The molecular formula is C25H23N3O4S. The molecule has 0 fully saturated rings. The van der Waals surface area contributed by atoms with Crippen molar-refractivity contribution in [3.8, 4) is 22.6 Å². The van der Waals surface area contributed by atoms with Gasteiger partial charge in [0, 0.05) is 23.5 Å². The lowest BCUT2D eigenvalue weighted by Gasteiger charge is -2.21. The molecule has 0 radical (unpaired) electrons. The van der Waals surface area contributed by atoms with Crippen LogP contribution >= 0.6 is 11.3 Å². The topological polar surface area (TPSA) is 73.7 Å². The van der Waals surface area contributed by atoms with Crippen molar-refractivity contribution in [3.63, 3.8) is 0 Å². The van der Waals surface area contributed by atoms with Crippen LogP contribution in [0.3, 0.4) is 0 Å². The highest BCUT2D eigenvalue weighted by molar-refractivity contribution is 7.19. The molecule has 0 bridgehead atoms. The van der Waals surface area contributed by atoms with Crippen molar-refractivity contribution in [1.82, 2.24) is 14.5 Å². The number of amides is 1. The lowest BCUT2D eigenvalue weighted by molar-refractivity contribution is -0.132. The third-order valence-electron chi connectivity index (χ3n) is 5.77. The van der Waals surface area contributed by atoms with E-state index in [0.717, 1.165) is 21.6 Å². The van der Waals surface area contributed by atoms with Gasteiger partial charge in [-0.05, 0) is 37.1 Å². The lowest BCUT2D eigenvalue weighted by atomic mass is 10.0. The van der Waals surface area contributed by atoms with Crippen molar-refractivity contribution in [2.24, 2.45) is 0 Å². The molecule has 5 rings (SSSR count). The summed E-state index contributed by atoms with van der Waals surface area (Å²) in [5.41, 5.74) is 2.61. The van der Waals surface area contributed by atoms with Crippen LogP contribution in [0, 0.1) is 6.92 Å². The van der Waals surface area contributed by atoms with Crippen LogP contribution in [0.2, 0.25) is 0 Å². The number of carbonyl (C=O) groups excluding carboxylic acids is 1. The molecule has 0 saturated heterocycles. The van der Waals surface area contributed by atoms with Gasteiger partial charge in [0.05, 0.1) is 11.7 Å². The van der Waals surface area contributed by atoms with Gasteiger partial charge < -0.3 is 14.4 Å². The number of benzene rings is 2. The summed E-state index contributed by atoms with van der Waals surface area (Å²) in [6, 6.07) is 15.5. The number of rotatable bonds is 6. The monoisotopic (exact) mass is 461 g/mol. The fourth-order valence-corrected chi connectivity index (χ4v) is 5.09. The smallest absolute Gasteiger partial charge is 0.263 e. The van der Waals surface area contributed by atoms with Gasteiger partial charge in [0.15, 0.2) is 11.5 Å². The van der Waals surface area contributed by atoms with E-state index in [9.17, 15) is 9.59 Å². The normalized spacial score (nSPS) is 12.3. The van der Waals surface area contributed by atoms with Crippen molar-refractivity contribution < 1.29 is 14.3 Å². The number of thiophene rings is 1. The molecule has 1 aliphatic heterocycles. The number of nitrogens with zero attached hydrogens (tertiary/aromatic N) is 3. The van der Waals surface area contributed by atoms with Gasteiger partial charge in [0.25, 0.3) is 5.56 Å². The summed E-state index contributed by atoms with van der Waals surface area (Å²) in [4.78, 5) is 34.4. The zero-order valence-corrected chi connectivity index (χ0v) is 19.2. The van der Waals surface area contributed by atoms with Crippen LogP contribution < -0.4 is 15.0 Å². The quantitative estimate of drug-likeness (QED) is 0.430. The molecule has 0 saturated carbocycles. The molecule has 2 aromatic heterocycles. The van der Waals surface area contributed by atoms with E-state index in [1.165, 1.54) is 22.2 Å². The first-order valence-corrected chi connectivity index (χ1v) is 11.6. The molecule has 0 N–H and O–H groups in total. The first-order valence-electron chi connectivity index (χ1n) is 10.8. The molecule has 1 amide bonds. The van der Waals surface area contributed by atoms with Gasteiger partial charge in [-0.15, -0.1) is 11.3 Å². The second-order valence-corrected chi connectivity index (χ2v) is 9.06. The zero-order chi connectivity index (χ0) is 22.9. The van der Waals surface area contributed by atoms with Crippen LogP contribution in [0.15, 0.2) is 59.7 Å². The highest BCUT2D eigenvalue weighted by atomic mass is 32.1. The number of fused-ring (bicyclic) bond motifs is 2. The van der Waals surface area contributed by atoms with E-state index in [-0.39, 0.29) is 24.8 Å². The maximum absolute atomic E-state index is 13.4. The number of hydrogen-bond donors (Lipinski definition) is 0. The third-order valence-corrected chi connectivity index (χ3v) is 6.78. The zero-order valence-electron chi connectivity index (χ0n) is 18.4. The Morgan fingerprint density at radius 3 is 2.73 bits per heavy atom. The number of ether oxygens (including phenoxy) is 2. The van der Waals surface area contributed by atoms with E-state index < -0.39 is 0 Å². The molecule has 7 nitrogen and oxygen atoms in total. The summed E-state index contributed by atoms with van der Waals surface area (Å²) in [5, 5.41) is 0.567. The molecule has 1 aliphatic rings. The Labute approximate surface area is 194 Å². The predicted molar refractivity (Wildman–Crippen MR) is 128 cm³/mol. The van der Waals surface area contributed by atoms with E-state index >= 15 is 0 Å². The second kappa shape index (κ2) is 8.71. The number of carbonyl (C=O) groups is 1.